The second-order valence-corrected chi connectivity index (χ2v) is 7.77. The molecule has 0 spiro atoms. The third kappa shape index (κ3) is 3.07. The number of aromatic amines is 2. The van der Waals surface area contributed by atoms with E-state index in [4.69, 9.17) is 0 Å². The maximum atomic E-state index is 15.8. The van der Waals surface area contributed by atoms with Crippen molar-refractivity contribution in [1.29, 1.82) is 0 Å². The van der Waals surface area contributed by atoms with E-state index < -0.39 is 5.82 Å². The Balaban J connectivity index is 1.56. The van der Waals surface area contributed by atoms with Gasteiger partial charge in [0, 0.05) is 35.3 Å². The molecule has 0 saturated heterocycles. The molecule has 2 N–H and O–H groups in total. The monoisotopic (exact) mass is 438 g/mol. The quantitative estimate of drug-likeness (QED) is 0.365. The summed E-state index contributed by atoms with van der Waals surface area (Å²) < 4.78 is 29.6. The predicted octanol–water partition coefficient (Wildman–Crippen LogP) is 5.82. The van der Waals surface area contributed by atoms with Crippen molar-refractivity contribution in [3.8, 4) is 33.8 Å². The lowest BCUT2D eigenvalue weighted by atomic mass is 10.00. The fraction of sp³-hybridized carbons (Fsp3) is 0.0400. The number of benzene rings is 2. The van der Waals surface area contributed by atoms with Crippen LogP contribution in [-0.2, 0) is 0 Å². The summed E-state index contributed by atoms with van der Waals surface area (Å²) in [5.41, 5.74) is 5.43. The van der Waals surface area contributed by atoms with Crippen molar-refractivity contribution in [2.45, 2.75) is 6.92 Å². The highest BCUT2D eigenvalue weighted by Gasteiger charge is 2.21. The van der Waals surface area contributed by atoms with Gasteiger partial charge in [0.05, 0.1) is 16.4 Å². The summed E-state index contributed by atoms with van der Waals surface area (Å²) in [7, 11) is 0. The number of rotatable bonds is 3. The summed E-state index contributed by atoms with van der Waals surface area (Å²) in [5.74, 6) is -0.381. The molecule has 4 aromatic heterocycles. The van der Waals surface area contributed by atoms with E-state index in [0.29, 0.717) is 50.3 Å². The second-order valence-electron chi connectivity index (χ2n) is 7.77. The zero-order valence-corrected chi connectivity index (χ0v) is 17.4. The van der Waals surface area contributed by atoms with Gasteiger partial charge in [-0.15, -0.1) is 0 Å². The second kappa shape index (κ2) is 7.30. The summed E-state index contributed by atoms with van der Waals surface area (Å²) in [6.45, 7) is 1.91. The number of hydrogen-bond acceptors (Lipinski definition) is 4. The third-order valence-electron chi connectivity index (χ3n) is 5.75. The minimum absolute atomic E-state index is 0.321. The van der Waals surface area contributed by atoms with Crippen molar-refractivity contribution < 1.29 is 8.78 Å². The summed E-state index contributed by atoms with van der Waals surface area (Å²) in [6.07, 6.45) is 4.94. The van der Waals surface area contributed by atoms with E-state index in [9.17, 15) is 4.39 Å². The number of pyridine rings is 2. The Morgan fingerprint density at radius 3 is 2.67 bits per heavy atom. The normalized spacial score (nSPS) is 11.5. The van der Waals surface area contributed by atoms with Crippen LogP contribution >= 0.6 is 0 Å². The zero-order valence-electron chi connectivity index (χ0n) is 17.4. The van der Waals surface area contributed by atoms with Crippen molar-refractivity contribution in [3.63, 3.8) is 0 Å². The molecule has 0 radical (unpaired) electrons. The molecule has 2 aromatic carbocycles. The molecule has 8 heteroatoms. The van der Waals surface area contributed by atoms with Gasteiger partial charge in [-0.3, -0.25) is 10.1 Å². The van der Waals surface area contributed by atoms with Crippen molar-refractivity contribution >= 4 is 22.1 Å². The molecule has 0 bridgehead atoms. The number of nitrogens with zero attached hydrogens (tertiary/aromatic N) is 4. The molecule has 0 unspecified atom stereocenters. The maximum absolute atomic E-state index is 15.8. The summed E-state index contributed by atoms with van der Waals surface area (Å²) >= 11 is 0. The summed E-state index contributed by atoms with van der Waals surface area (Å²) in [4.78, 5) is 16.2. The van der Waals surface area contributed by atoms with Crippen LogP contribution < -0.4 is 0 Å². The number of H-pyrrole nitrogens is 2. The summed E-state index contributed by atoms with van der Waals surface area (Å²) in [5, 5.41) is 7.54. The Kier molecular flexibility index (Phi) is 4.26. The van der Waals surface area contributed by atoms with Gasteiger partial charge in [0.15, 0.2) is 11.5 Å². The summed E-state index contributed by atoms with van der Waals surface area (Å²) in [6, 6.07) is 13.4. The highest BCUT2D eigenvalue weighted by Crippen LogP contribution is 2.35. The molecule has 6 rings (SSSR count). The lowest BCUT2D eigenvalue weighted by molar-refractivity contribution is 0.628. The van der Waals surface area contributed by atoms with E-state index in [-0.39, 0.29) is 5.82 Å². The molecule has 0 atom stereocenters. The maximum Gasteiger partial charge on any atom is 0.178 e. The standard InChI is InChI=1S/C25H16F2N6/c1-13-7-9-28-12-18(13)17-5-6-19-20(21(17)27)23(33-32-19)25-30-22-16(8-10-29-24(22)31-25)14-3-2-4-15(26)11-14/h2-12H,1H3,(H,32,33)(H,29,30,31). The van der Waals surface area contributed by atoms with E-state index >= 15 is 4.39 Å². The predicted molar refractivity (Wildman–Crippen MR) is 122 cm³/mol. The Morgan fingerprint density at radius 1 is 0.909 bits per heavy atom. The van der Waals surface area contributed by atoms with Crippen molar-refractivity contribution in [1.82, 2.24) is 30.1 Å². The molecule has 0 aliphatic heterocycles. The van der Waals surface area contributed by atoms with Gasteiger partial charge in [-0.2, -0.15) is 5.10 Å². The van der Waals surface area contributed by atoms with E-state index in [0.717, 1.165) is 11.1 Å². The molecular formula is C25H16F2N6. The molecule has 160 valence electrons. The van der Waals surface area contributed by atoms with Crippen molar-refractivity contribution in [2.75, 3.05) is 0 Å². The molecule has 0 fully saturated rings. The first-order valence-corrected chi connectivity index (χ1v) is 10.3. The molecule has 33 heavy (non-hydrogen) atoms. The molecule has 0 aliphatic carbocycles. The SMILES string of the molecule is Cc1ccncc1-c1ccc2[nH]nc(-c3nc4nccc(-c5cccc(F)c5)c4[nH]3)c2c1F. The smallest absolute Gasteiger partial charge is 0.178 e. The van der Waals surface area contributed by atoms with Gasteiger partial charge in [0.1, 0.15) is 17.3 Å². The van der Waals surface area contributed by atoms with Crippen LogP contribution in [0.25, 0.3) is 55.8 Å². The molecule has 4 heterocycles. The van der Waals surface area contributed by atoms with Gasteiger partial charge in [-0.05, 0) is 54.4 Å². The van der Waals surface area contributed by atoms with E-state index in [1.807, 2.05) is 19.1 Å². The van der Waals surface area contributed by atoms with Gasteiger partial charge in [0.25, 0.3) is 0 Å². The van der Waals surface area contributed by atoms with Crippen LogP contribution in [-0.4, -0.2) is 30.1 Å². The van der Waals surface area contributed by atoms with Gasteiger partial charge < -0.3 is 4.98 Å². The topological polar surface area (TPSA) is 83.1 Å². The number of fused-ring (bicyclic) bond motifs is 2. The number of aromatic nitrogens is 6. The van der Waals surface area contributed by atoms with Gasteiger partial charge in [-0.1, -0.05) is 12.1 Å². The van der Waals surface area contributed by atoms with E-state index in [1.165, 1.54) is 12.1 Å². The number of hydrogen-bond donors (Lipinski definition) is 2. The lowest BCUT2D eigenvalue weighted by Crippen LogP contribution is -1.91. The Hall–Kier alpha value is -4.46. The highest BCUT2D eigenvalue weighted by molar-refractivity contribution is 5.98. The molecule has 6 aromatic rings. The zero-order chi connectivity index (χ0) is 22.5. The Bertz CT molecular complexity index is 1670. The van der Waals surface area contributed by atoms with Crippen LogP contribution in [0.1, 0.15) is 5.56 Å². The van der Waals surface area contributed by atoms with Crippen LogP contribution in [0.4, 0.5) is 8.78 Å². The minimum Gasteiger partial charge on any atom is -0.335 e. The van der Waals surface area contributed by atoms with Crippen LogP contribution in [0, 0.1) is 18.6 Å². The van der Waals surface area contributed by atoms with Crippen LogP contribution in [0.3, 0.4) is 0 Å². The first-order valence-electron chi connectivity index (χ1n) is 10.3. The van der Waals surface area contributed by atoms with Crippen LogP contribution in [0.2, 0.25) is 0 Å². The van der Waals surface area contributed by atoms with Crippen LogP contribution in [0.5, 0.6) is 0 Å². The average Bonchev–Trinajstić information content (AvgIpc) is 3.44. The average molecular weight is 438 g/mol. The lowest BCUT2D eigenvalue weighted by Gasteiger charge is -2.07. The van der Waals surface area contributed by atoms with Gasteiger partial charge >= 0.3 is 0 Å². The van der Waals surface area contributed by atoms with Crippen molar-refractivity contribution in [2.24, 2.45) is 0 Å². The first kappa shape index (κ1) is 19.2. The Morgan fingerprint density at radius 2 is 1.82 bits per heavy atom. The largest absolute Gasteiger partial charge is 0.335 e. The number of aryl methyl sites for hydroxylation is 1. The molecule has 0 amide bonds. The number of nitrogens with one attached hydrogen (secondary N) is 2. The minimum atomic E-state index is -0.411. The van der Waals surface area contributed by atoms with E-state index in [2.05, 4.69) is 30.1 Å². The fourth-order valence-corrected chi connectivity index (χ4v) is 4.12. The van der Waals surface area contributed by atoms with Crippen molar-refractivity contribution in [3.05, 3.63) is 84.3 Å². The molecule has 0 aliphatic rings. The van der Waals surface area contributed by atoms with Gasteiger partial charge in [0.2, 0.25) is 0 Å². The fourth-order valence-electron chi connectivity index (χ4n) is 4.12. The van der Waals surface area contributed by atoms with Gasteiger partial charge in [-0.25, -0.2) is 18.7 Å². The molecule has 0 saturated carbocycles. The molecular weight excluding hydrogens is 422 g/mol. The highest BCUT2D eigenvalue weighted by atomic mass is 19.1. The Labute approximate surface area is 186 Å². The third-order valence-corrected chi connectivity index (χ3v) is 5.75. The van der Waals surface area contributed by atoms with Crippen LogP contribution in [0.15, 0.2) is 67.1 Å². The van der Waals surface area contributed by atoms with E-state index in [1.54, 1.807) is 42.9 Å². The molecule has 6 nitrogen and oxygen atoms in total. The first-order chi connectivity index (χ1) is 16.1. The number of halogens is 2. The number of imidazole rings is 1.